The summed E-state index contributed by atoms with van der Waals surface area (Å²) >= 11 is 0. The number of carbonyl (C=O) groups is 1. The van der Waals surface area contributed by atoms with Crippen LogP contribution < -0.4 is 5.32 Å². The minimum atomic E-state index is -0.159. The van der Waals surface area contributed by atoms with Crippen molar-refractivity contribution >= 4 is 17.0 Å². The Morgan fingerprint density at radius 3 is 2.53 bits per heavy atom. The third kappa shape index (κ3) is 4.83. The van der Waals surface area contributed by atoms with Gasteiger partial charge in [0, 0.05) is 38.6 Å². The Morgan fingerprint density at radius 1 is 1.10 bits per heavy atom. The first-order chi connectivity index (χ1) is 14.6. The molecule has 6 nitrogen and oxygen atoms in total. The third-order valence-corrected chi connectivity index (χ3v) is 5.73. The largest absolute Gasteiger partial charge is 0.459 e. The lowest BCUT2D eigenvalue weighted by molar-refractivity contribution is 0.0342. The molecule has 1 fully saturated rings. The molecule has 1 atom stereocenters. The van der Waals surface area contributed by atoms with Gasteiger partial charge in [0.2, 0.25) is 0 Å². The lowest BCUT2D eigenvalue weighted by Crippen LogP contribution is -2.38. The fourth-order valence-electron chi connectivity index (χ4n) is 3.66. The van der Waals surface area contributed by atoms with Crippen molar-refractivity contribution in [3.63, 3.8) is 0 Å². The summed E-state index contributed by atoms with van der Waals surface area (Å²) in [5.41, 5.74) is 3.20. The van der Waals surface area contributed by atoms with Gasteiger partial charge in [-0.2, -0.15) is 0 Å². The molecular weight excluding hydrogens is 378 g/mol. The monoisotopic (exact) mass is 407 g/mol. The molecule has 1 aromatic heterocycles. The number of rotatable bonds is 6. The number of nitrogens with zero attached hydrogens (tertiary/aromatic N) is 2. The summed E-state index contributed by atoms with van der Waals surface area (Å²) in [6.45, 7) is 6.98. The summed E-state index contributed by atoms with van der Waals surface area (Å²) in [7, 11) is 1.79. The first kappa shape index (κ1) is 20.4. The lowest BCUT2D eigenvalue weighted by atomic mass is 10.1. The normalized spacial score (nSPS) is 15.8. The summed E-state index contributed by atoms with van der Waals surface area (Å²) < 4.78 is 11.3. The molecule has 0 unspecified atom stereocenters. The Hall–Kier alpha value is -2.83. The highest BCUT2D eigenvalue weighted by molar-refractivity contribution is 5.78. The van der Waals surface area contributed by atoms with Crippen LogP contribution in [0.5, 0.6) is 0 Å². The van der Waals surface area contributed by atoms with Crippen LogP contribution in [-0.4, -0.2) is 49.2 Å². The van der Waals surface area contributed by atoms with Gasteiger partial charge in [-0.15, -0.1) is 0 Å². The van der Waals surface area contributed by atoms with E-state index in [1.807, 2.05) is 37.3 Å². The van der Waals surface area contributed by atoms with Gasteiger partial charge in [-0.25, -0.2) is 4.79 Å². The van der Waals surface area contributed by atoms with Crippen molar-refractivity contribution in [3.05, 3.63) is 71.5 Å². The molecule has 1 aliphatic heterocycles. The number of nitrogens with one attached hydrogen (secondary N) is 1. The number of furan rings is 1. The fourth-order valence-corrected chi connectivity index (χ4v) is 3.66. The maximum atomic E-state index is 12.6. The predicted molar refractivity (Wildman–Crippen MR) is 117 cm³/mol. The zero-order chi connectivity index (χ0) is 20.9. The predicted octanol–water partition coefficient (Wildman–Crippen LogP) is 4.17. The van der Waals surface area contributed by atoms with Crippen LogP contribution in [-0.2, 0) is 17.8 Å². The van der Waals surface area contributed by atoms with Crippen LogP contribution in [0.2, 0.25) is 0 Å². The van der Waals surface area contributed by atoms with E-state index in [0.29, 0.717) is 6.54 Å². The van der Waals surface area contributed by atoms with Crippen LogP contribution in [0, 0.1) is 0 Å². The molecule has 3 aromatic rings. The minimum absolute atomic E-state index is 0.125. The zero-order valence-electron chi connectivity index (χ0n) is 17.6. The highest BCUT2D eigenvalue weighted by Gasteiger charge is 2.20. The van der Waals surface area contributed by atoms with Gasteiger partial charge < -0.3 is 19.4 Å². The first-order valence-electron chi connectivity index (χ1n) is 10.5. The van der Waals surface area contributed by atoms with E-state index >= 15 is 0 Å². The molecule has 0 radical (unpaired) electrons. The molecule has 158 valence electrons. The van der Waals surface area contributed by atoms with Gasteiger partial charge in [0.05, 0.1) is 19.3 Å². The quantitative estimate of drug-likeness (QED) is 0.666. The summed E-state index contributed by atoms with van der Waals surface area (Å²) in [5, 5.41) is 4.05. The molecule has 1 saturated heterocycles. The van der Waals surface area contributed by atoms with Crippen LogP contribution in [0.4, 0.5) is 4.79 Å². The van der Waals surface area contributed by atoms with E-state index in [2.05, 4.69) is 34.5 Å². The van der Waals surface area contributed by atoms with Crippen LogP contribution in [0.1, 0.15) is 29.9 Å². The highest BCUT2D eigenvalue weighted by atomic mass is 16.5. The molecule has 6 heteroatoms. The van der Waals surface area contributed by atoms with Crippen molar-refractivity contribution in [1.29, 1.82) is 0 Å². The van der Waals surface area contributed by atoms with Crippen molar-refractivity contribution < 1.29 is 13.9 Å². The number of ether oxygens (including phenoxy) is 1. The number of fused-ring (bicyclic) bond motifs is 1. The number of morpholine rings is 1. The van der Waals surface area contributed by atoms with E-state index in [0.717, 1.165) is 55.1 Å². The Morgan fingerprint density at radius 2 is 1.80 bits per heavy atom. The van der Waals surface area contributed by atoms with Crippen LogP contribution in [0.15, 0.2) is 59.0 Å². The summed E-state index contributed by atoms with van der Waals surface area (Å²) in [4.78, 5) is 16.7. The Labute approximate surface area is 177 Å². The second kappa shape index (κ2) is 9.32. The van der Waals surface area contributed by atoms with E-state index in [1.165, 1.54) is 5.56 Å². The van der Waals surface area contributed by atoms with E-state index in [4.69, 9.17) is 9.15 Å². The van der Waals surface area contributed by atoms with E-state index in [9.17, 15) is 4.79 Å². The van der Waals surface area contributed by atoms with Gasteiger partial charge >= 0.3 is 6.03 Å². The summed E-state index contributed by atoms with van der Waals surface area (Å²) in [6.07, 6.45) is 0. The second-order valence-corrected chi connectivity index (χ2v) is 7.84. The smallest absolute Gasteiger partial charge is 0.318 e. The molecule has 1 aliphatic rings. The highest BCUT2D eigenvalue weighted by Crippen LogP contribution is 2.26. The zero-order valence-corrected chi connectivity index (χ0v) is 17.6. The first-order valence-corrected chi connectivity index (χ1v) is 10.5. The molecule has 2 aromatic carbocycles. The van der Waals surface area contributed by atoms with Gasteiger partial charge in [0.1, 0.15) is 11.3 Å². The number of para-hydroxylation sites is 1. The molecule has 30 heavy (non-hydrogen) atoms. The van der Waals surface area contributed by atoms with Gasteiger partial charge in [-0.05, 0) is 30.2 Å². The summed E-state index contributed by atoms with van der Waals surface area (Å²) in [5.74, 6) is 0.779. The molecule has 1 N–H and O–H groups in total. The van der Waals surface area contributed by atoms with Crippen molar-refractivity contribution in [1.82, 2.24) is 15.1 Å². The number of benzene rings is 2. The standard InChI is InChI=1S/C24H29N3O3/c1-18(23-15-21-5-3-4-6-22(21)30-23)26(2)24(28)25-16-19-7-9-20(10-8-19)17-27-11-13-29-14-12-27/h3-10,15,18H,11-14,16-17H2,1-2H3,(H,25,28)/t18-/m1/s1. The van der Waals surface area contributed by atoms with Gasteiger partial charge in [-0.1, -0.05) is 42.5 Å². The van der Waals surface area contributed by atoms with Crippen LogP contribution in [0.3, 0.4) is 0 Å². The Kier molecular flexibility index (Phi) is 6.35. The summed E-state index contributed by atoms with van der Waals surface area (Å²) in [6, 6.07) is 18.0. The van der Waals surface area contributed by atoms with E-state index < -0.39 is 0 Å². The molecule has 0 aliphatic carbocycles. The molecular formula is C24H29N3O3. The molecule has 2 heterocycles. The van der Waals surface area contributed by atoms with Crippen LogP contribution >= 0.6 is 0 Å². The van der Waals surface area contributed by atoms with E-state index in [-0.39, 0.29) is 12.1 Å². The molecule has 0 spiro atoms. The van der Waals surface area contributed by atoms with Crippen molar-refractivity contribution in [3.8, 4) is 0 Å². The average molecular weight is 408 g/mol. The van der Waals surface area contributed by atoms with Crippen molar-refractivity contribution in [2.45, 2.75) is 26.1 Å². The Bertz CT molecular complexity index is 944. The fraction of sp³-hybridized carbons (Fsp3) is 0.375. The van der Waals surface area contributed by atoms with Crippen LogP contribution in [0.25, 0.3) is 11.0 Å². The maximum Gasteiger partial charge on any atom is 0.318 e. The number of urea groups is 1. The molecule has 2 amide bonds. The van der Waals surface area contributed by atoms with Crippen molar-refractivity contribution in [2.24, 2.45) is 0 Å². The van der Waals surface area contributed by atoms with Gasteiger partial charge in [-0.3, -0.25) is 4.90 Å². The van der Waals surface area contributed by atoms with Gasteiger partial charge in [0.15, 0.2) is 0 Å². The third-order valence-electron chi connectivity index (χ3n) is 5.73. The lowest BCUT2D eigenvalue weighted by Gasteiger charge is -2.26. The number of hydrogen-bond donors (Lipinski definition) is 1. The maximum absolute atomic E-state index is 12.6. The van der Waals surface area contributed by atoms with Gasteiger partial charge in [0.25, 0.3) is 0 Å². The number of amides is 2. The minimum Gasteiger partial charge on any atom is -0.459 e. The van der Waals surface area contributed by atoms with E-state index in [1.54, 1.807) is 11.9 Å². The molecule has 0 bridgehead atoms. The Balaban J connectivity index is 1.29. The molecule has 4 rings (SSSR count). The van der Waals surface area contributed by atoms with Crippen molar-refractivity contribution in [2.75, 3.05) is 33.4 Å². The molecule has 0 saturated carbocycles. The average Bonchev–Trinajstić information content (AvgIpc) is 3.22. The number of hydrogen-bond acceptors (Lipinski definition) is 4. The SMILES string of the molecule is C[C@H](c1cc2ccccc2o1)N(C)C(=O)NCc1ccc(CN2CCOCC2)cc1. The topological polar surface area (TPSA) is 58.0 Å². The number of carbonyl (C=O) groups excluding carboxylic acids is 1. The second-order valence-electron chi connectivity index (χ2n) is 7.84.